The molecule has 0 aliphatic carbocycles. The Kier molecular flexibility index (Phi) is 5.25. The molecule has 1 aromatic rings. The van der Waals surface area contributed by atoms with Gasteiger partial charge in [-0.2, -0.15) is 0 Å². The number of carbonyl (C=O) groups is 1. The highest BCUT2D eigenvalue weighted by molar-refractivity contribution is 5.85. The van der Waals surface area contributed by atoms with Crippen molar-refractivity contribution < 1.29 is 9.90 Å². The van der Waals surface area contributed by atoms with Crippen molar-refractivity contribution in [3.63, 3.8) is 0 Å². The Labute approximate surface area is 94.9 Å². The number of hydrogen-bond donors (Lipinski definition) is 2. The molecule has 0 unspecified atom stereocenters. The van der Waals surface area contributed by atoms with E-state index in [4.69, 9.17) is 5.11 Å². The standard InChI is InChI=1S/C11H17N3O2/c1-2-3-4-5-6-13-10-8-12-7-9(14-10)11(15)16/h7-8H,2-6H2,1H3,(H,13,14)(H,15,16). The summed E-state index contributed by atoms with van der Waals surface area (Å²) in [6.07, 6.45) is 7.44. The molecule has 0 amide bonds. The van der Waals surface area contributed by atoms with Gasteiger partial charge in [0.25, 0.3) is 0 Å². The number of unbranched alkanes of at least 4 members (excludes halogenated alkanes) is 3. The van der Waals surface area contributed by atoms with Crippen LogP contribution in [0.5, 0.6) is 0 Å². The lowest BCUT2D eigenvalue weighted by molar-refractivity contribution is 0.0690. The number of carboxylic acids is 1. The van der Waals surface area contributed by atoms with Crippen LogP contribution in [0.3, 0.4) is 0 Å². The minimum absolute atomic E-state index is 0.0291. The van der Waals surface area contributed by atoms with Crippen LogP contribution in [0.1, 0.15) is 43.1 Å². The van der Waals surface area contributed by atoms with Crippen LogP contribution in [0.25, 0.3) is 0 Å². The van der Waals surface area contributed by atoms with Gasteiger partial charge >= 0.3 is 5.97 Å². The molecule has 0 aliphatic rings. The molecule has 5 nitrogen and oxygen atoms in total. The van der Waals surface area contributed by atoms with E-state index in [1.165, 1.54) is 31.7 Å². The second-order valence-electron chi connectivity index (χ2n) is 3.58. The third kappa shape index (κ3) is 4.25. The number of aromatic nitrogens is 2. The van der Waals surface area contributed by atoms with Gasteiger partial charge in [-0.05, 0) is 6.42 Å². The predicted molar refractivity (Wildman–Crippen MR) is 61.6 cm³/mol. The maximum absolute atomic E-state index is 10.6. The van der Waals surface area contributed by atoms with E-state index in [0.717, 1.165) is 13.0 Å². The largest absolute Gasteiger partial charge is 0.476 e. The number of aromatic carboxylic acids is 1. The third-order valence-corrected chi connectivity index (χ3v) is 2.19. The van der Waals surface area contributed by atoms with Crippen molar-refractivity contribution in [2.45, 2.75) is 32.6 Å². The molecule has 0 spiro atoms. The molecule has 5 heteroatoms. The van der Waals surface area contributed by atoms with Crippen LogP contribution in [0.15, 0.2) is 12.4 Å². The average Bonchev–Trinajstić information content (AvgIpc) is 2.29. The molecule has 0 saturated carbocycles. The highest BCUT2D eigenvalue weighted by Crippen LogP contribution is 2.04. The fourth-order valence-corrected chi connectivity index (χ4v) is 1.32. The number of rotatable bonds is 7. The van der Waals surface area contributed by atoms with Crippen LogP contribution in [0.2, 0.25) is 0 Å². The fraction of sp³-hybridized carbons (Fsp3) is 0.545. The Hall–Kier alpha value is -1.65. The lowest BCUT2D eigenvalue weighted by atomic mass is 10.2. The summed E-state index contributed by atoms with van der Waals surface area (Å²) in [4.78, 5) is 18.4. The molecule has 0 aliphatic heterocycles. The first-order valence-corrected chi connectivity index (χ1v) is 5.53. The second kappa shape index (κ2) is 6.76. The first kappa shape index (κ1) is 12.4. The molecular formula is C11H17N3O2. The topological polar surface area (TPSA) is 75.1 Å². The minimum Gasteiger partial charge on any atom is -0.476 e. The van der Waals surface area contributed by atoms with Crippen molar-refractivity contribution >= 4 is 11.8 Å². The molecule has 1 rings (SSSR count). The van der Waals surface area contributed by atoms with Gasteiger partial charge in [0.2, 0.25) is 0 Å². The molecular weight excluding hydrogens is 206 g/mol. The molecule has 88 valence electrons. The molecule has 16 heavy (non-hydrogen) atoms. The summed E-state index contributed by atoms with van der Waals surface area (Å²) >= 11 is 0. The summed E-state index contributed by atoms with van der Waals surface area (Å²) < 4.78 is 0. The molecule has 0 bridgehead atoms. The molecule has 1 aromatic heterocycles. The van der Waals surface area contributed by atoms with E-state index in [2.05, 4.69) is 22.2 Å². The number of nitrogens with one attached hydrogen (secondary N) is 1. The summed E-state index contributed by atoms with van der Waals surface area (Å²) in [6.45, 7) is 2.97. The lowest BCUT2D eigenvalue weighted by Crippen LogP contribution is -2.07. The Morgan fingerprint density at radius 1 is 1.38 bits per heavy atom. The predicted octanol–water partition coefficient (Wildman–Crippen LogP) is 2.17. The van der Waals surface area contributed by atoms with Crippen molar-refractivity contribution in [3.8, 4) is 0 Å². The third-order valence-electron chi connectivity index (χ3n) is 2.19. The van der Waals surface area contributed by atoms with Gasteiger partial charge in [-0.3, -0.25) is 4.98 Å². The zero-order chi connectivity index (χ0) is 11.8. The highest BCUT2D eigenvalue weighted by Gasteiger charge is 2.05. The molecule has 2 N–H and O–H groups in total. The van der Waals surface area contributed by atoms with Crippen molar-refractivity contribution in [3.05, 3.63) is 18.1 Å². The molecule has 0 saturated heterocycles. The van der Waals surface area contributed by atoms with Gasteiger partial charge in [0, 0.05) is 6.54 Å². The molecule has 0 fully saturated rings. The van der Waals surface area contributed by atoms with Gasteiger partial charge in [0.15, 0.2) is 5.69 Å². The van der Waals surface area contributed by atoms with E-state index in [1.807, 2.05) is 0 Å². The smallest absolute Gasteiger partial charge is 0.356 e. The van der Waals surface area contributed by atoms with Gasteiger partial charge in [-0.15, -0.1) is 0 Å². The van der Waals surface area contributed by atoms with Crippen molar-refractivity contribution in [1.82, 2.24) is 9.97 Å². The molecule has 0 atom stereocenters. The summed E-state index contributed by atoms with van der Waals surface area (Å²) in [7, 11) is 0. The van der Waals surface area contributed by atoms with E-state index in [0.29, 0.717) is 5.82 Å². The van der Waals surface area contributed by atoms with E-state index in [1.54, 1.807) is 0 Å². The van der Waals surface area contributed by atoms with Crippen molar-refractivity contribution in [2.75, 3.05) is 11.9 Å². The average molecular weight is 223 g/mol. The number of anilines is 1. The van der Waals surface area contributed by atoms with Crippen LogP contribution in [-0.2, 0) is 0 Å². The van der Waals surface area contributed by atoms with Gasteiger partial charge in [0.05, 0.1) is 12.4 Å². The Morgan fingerprint density at radius 2 is 2.19 bits per heavy atom. The number of nitrogens with zero attached hydrogens (tertiary/aromatic N) is 2. The SMILES string of the molecule is CCCCCCNc1cncc(C(=O)O)n1. The Morgan fingerprint density at radius 3 is 2.88 bits per heavy atom. The highest BCUT2D eigenvalue weighted by atomic mass is 16.4. The lowest BCUT2D eigenvalue weighted by Gasteiger charge is -2.04. The monoisotopic (exact) mass is 223 g/mol. The Balaban J connectivity index is 2.36. The van der Waals surface area contributed by atoms with Crippen LogP contribution in [0.4, 0.5) is 5.82 Å². The van der Waals surface area contributed by atoms with Crippen molar-refractivity contribution in [1.29, 1.82) is 0 Å². The van der Waals surface area contributed by atoms with Crippen LogP contribution >= 0.6 is 0 Å². The Bertz CT molecular complexity index is 342. The summed E-state index contributed by atoms with van der Waals surface area (Å²) in [5.41, 5.74) is -0.0291. The van der Waals surface area contributed by atoms with E-state index in [-0.39, 0.29) is 5.69 Å². The number of hydrogen-bond acceptors (Lipinski definition) is 4. The summed E-state index contributed by atoms with van der Waals surface area (Å²) in [5.74, 6) is -0.529. The van der Waals surface area contributed by atoms with Gasteiger partial charge in [0.1, 0.15) is 5.82 Å². The van der Waals surface area contributed by atoms with Crippen LogP contribution in [0, 0.1) is 0 Å². The molecule has 1 heterocycles. The summed E-state index contributed by atoms with van der Waals surface area (Å²) in [6, 6.07) is 0. The van der Waals surface area contributed by atoms with Crippen LogP contribution < -0.4 is 5.32 Å². The molecule has 0 radical (unpaired) electrons. The summed E-state index contributed by atoms with van der Waals surface area (Å²) in [5, 5.41) is 11.8. The first-order valence-electron chi connectivity index (χ1n) is 5.53. The van der Waals surface area contributed by atoms with E-state index in [9.17, 15) is 4.79 Å². The van der Waals surface area contributed by atoms with Gasteiger partial charge in [-0.1, -0.05) is 26.2 Å². The first-order chi connectivity index (χ1) is 7.74. The fourth-order valence-electron chi connectivity index (χ4n) is 1.32. The van der Waals surface area contributed by atoms with Gasteiger partial charge < -0.3 is 10.4 Å². The van der Waals surface area contributed by atoms with Crippen LogP contribution in [-0.4, -0.2) is 27.6 Å². The van der Waals surface area contributed by atoms with E-state index >= 15 is 0 Å². The quantitative estimate of drug-likeness (QED) is 0.693. The van der Waals surface area contributed by atoms with Crippen molar-refractivity contribution in [2.24, 2.45) is 0 Å². The number of carboxylic acid groups (broad SMARTS) is 1. The zero-order valence-electron chi connectivity index (χ0n) is 9.44. The maximum Gasteiger partial charge on any atom is 0.356 e. The second-order valence-corrected chi connectivity index (χ2v) is 3.58. The molecule has 0 aromatic carbocycles. The maximum atomic E-state index is 10.6. The minimum atomic E-state index is -1.05. The van der Waals surface area contributed by atoms with E-state index < -0.39 is 5.97 Å². The normalized spacial score (nSPS) is 10.1. The zero-order valence-corrected chi connectivity index (χ0v) is 9.44. The van der Waals surface area contributed by atoms with Gasteiger partial charge in [-0.25, -0.2) is 9.78 Å².